The molecule has 0 fully saturated rings. The molecule has 1 nitrogen and oxygen atoms in total. The molecule has 0 aliphatic rings. The van der Waals surface area contributed by atoms with Gasteiger partial charge in [-0.2, -0.15) is 0 Å². The Morgan fingerprint density at radius 1 is 0.488 bits per heavy atom. The predicted octanol–water partition coefficient (Wildman–Crippen LogP) is 12.2. The van der Waals surface area contributed by atoms with Gasteiger partial charge in [-0.15, -0.1) is 11.3 Å². The van der Waals surface area contributed by atoms with Crippen LogP contribution in [0.3, 0.4) is 0 Å². The van der Waals surface area contributed by atoms with E-state index in [1.165, 1.54) is 53.2 Å². The molecule has 2 aromatic heterocycles. The van der Waals surface area contributed by atoms with Crippen LogP contribution in [0.2, 0.25) is 5.02 Å². The monoisotopic (exact) mass is 560 g/mol. The Hall–Kier alpha value is -4.63. The molecule has 9 aromatic rings. The van der Waals surface area contributed by atoms with Crippen molar-refractivity contribution < 1.29 is 4.42 Å². The number of furan rings is 1. The van der Waals surface area contributed by atoms with Crippen molar-refractivity contribution in [3.8, 4) is 22.3 Å². The van der Waals surface area contributed by atoms with Crippen molar-refractivity contribution >= 4 is 86.6 Å². The third-order valence-corrected chi connectivity index (χ3v) is 9.79. The van der Waals surface area contributed by atoms with Gasteiger partial charge in [0.25, 0.3) is 0 Å². The fraction of sp³-hybridized carbons (Fsp3) is 0. The lowest BCUT2D eigenvalue weighted by atomic mass is 9.93. The molecule has 0 amide bonds. The molecule has 0 N–H and O–H groups in total. The minimum atomic E-state index is 0.750. The molecule has 0 saturated heterocycles. The van der Waals surface area contributed by atoms with Crippen molar-refractivity contribution in [2.24, 2.45) is 0 Å². The van der Waals surface area contributed by atoms with E-state index in [2.05, 4.69) is 115 Å². The lowest BCUT2D eigenvalue weighted by Crippen LogP contribution is -1.84. The first-order valence-electron chi connectivity index (χ1n) is 13.7. The highest BCUT2D eigenvalue weighted by molar-refractivity contribution is 7.26. The van der Waals surface area contributed by atoms with Gasteiger partial charge in [0.1, 0.15) is 11.2 Å². The van der Waals surface area contributed by atoms with E-state index in [9.17, 15) is 0 Å². The molecule has 0 radical (unpaired) electrons. The molecule has 0 bridgehead atoms. The van der Waals surface area contributed by atoms with Crippen molar-refractivity contribution in [1.82, 2.24) is 0 Å². The Labute approximate surface area is 244 Å². The van der Waals surface area contributed by atoms with Crippen LogP contribution in [0, 0.1) is 0 Å². The maximum Gasteiger partial charge on any atom is 0.143 e. The highest BCUT2D eigenvalue weighted by Crippen LogP contribution is 2.47. The first-order chi connectivity index (χ1) is 20.2. The molecular weight excluding hydrogens is 540 g/mol. The summed E-state index contributed by atoms with van der Waals surface area (Å²) in [5.74, 6) is 0. The standard InChI is InChI=1S/C38H21ClOS/c39-24-18-15-23(16-19-24)25-11-6-14-34-35(25)31-13-5-12-30(38(31)41-34)32-21-33-29-20-17-22-7-1-2-8-26(22)36(29)40-37(33)28-10-4-3-9-27(28)32/h1-21H. The summed E-state index contributed by atoms with van der Waals surface area (Å²) >= 11 is 8.09. The smallest absolute Gasteiger partial charge is 0.143 e. The minimum absolute atomic E-state index is 0.750. The third-order valence-electron chi connectivity index (χ3n) is 8.34. The first-order valence-corrected chi connectivity index (χ1v) is 14.9. The van der Waals surface area contributed by atoms with Crippen molar-refractivity contribution in [3.05, 3.63) is 132 Å². The molecule has 3 heteroatoms. The van der Waals surface area contributed by atoms with Gasteiger partial charge < -0.3 is 4.42 Å². The van der Waals surface area contributed by atoms with E-state index >= 15 is 0 Å². The van der Waals surface area contributed by atoms with Crippen LogP contribution in [0.15, 0.2) is 132 Å². The zero-order chi connectivity index (χ0) is 27.1. The van der Waals surface area contributed by atoms with Crippen molar-refractivity contribution in [1.29, 1.82) is 0 Å². The molecule has 9 rings (SSSR count). The molecule has 192 valence electrons. The largest absolute Gasteiger partial charge is 0.455 e. The van der Waals surface area contributed by atoms with Gasteiger partial charge in [0.05, 0.1) is 0 Å². The van der Waals surface area contributed by atoms with Gasteiger partial charge in [-0.3, -0.25) is 0 Å². The molecular formula is C38H21ClOS. The van der Waals surface area contributed by atoms with Crippen LogP contribution < -0.4 is 0 Å². The number of benzene rings is 7. The second kappa shape index (κ2) is 8.68. The van der Waals surface area contributed by atoms with E-state index in [0.29, 0.717) is 0 Å². The number of fused-ring (bicyclic) bond motifs is 10. The number of rotatable bonds is 2. The summed E-state index contributed by atoms with van der Waals surface area (Å²) in [6, 6.07) is 45.3. The summed E-state index contributed by atoms with van der Waals surface area (Å²) in [6.07, 6.45) is 0. The van der Waals surface area contributed by atoms with Crippen LogP contribution in [-0.2, 0) is 0 Å². The van der Waals surface area contributed by atoms with E-state index in [1.807, 2.05) is 23.5 Å². The predicted molar refractivity (Wildman–Crippen MR) is 178 cm³/mol. The average Bonchev–Trinajstić information content (AvgIpc) is 3.60. The van der Waals surface area contributed by atoms with Gasteiger partial charge >= 0.3 is 0 Å². The van der Waals surface area contributed by atoms with E-state index in [-0.39, 0.29) is 0 Å². The van der Waals surface area contributed by atoms with Crippen LogP contribution in [-0.4, -0.2) is 0 Å². The topological polar surface area (TPSA) is 13.1 Å². The molecule has 0 aliphatic carbocycles. The summed E-state index contributed by atoms with van der Waals surface area (Å²) in [5.41, 5.74) is 6.79. The van der Waals surface area contributed by atoms with Gasteiger partial charge in [0.15, 0.2) is 0 Å². The summed E-state index contributed by atoms with van der Waals surface area (Å²) in [7, 11) is 0. The number of halogens is 1. The molecule has 41 heavy (non-hydrogen) atoms. The molecule has 2 heterocycles. The van der Waals surface area contributed by atoms with E-state index in [0.717, 1.165) is 37.7 Å². The van der Waals surface area contributed by atoms with Crippen molar-refractivity contribution in [2.75, 3.05) is 0 Å². The molecule has 0 atom stereocenters. The van der Waals surface area contributed by atoms with E-state index in [1.54, 1.807) is 0 Å². The van der Waals surface area contributed by atoms with E-state index < -0.39 is 0 Å². The third kappa shape index (κ3) is 3.35. The molecule has 0 spiro atoms. The maximum atomic E-state index is 6.67. The minimum Gasteiger partial charge on any atom is -0.455 e. The van der Waals surface area contributed by atoms with Crippen molar-refractivity contribution in [3.63, 3.8) is 0 Å². The average molecular weight is 561 g/mol. The molecule has 0 unspecified atom stereocenters. The van der Waals surface area contributed by atoms with Gasteiger partial charge in [-0.05, 0) is 57.8 Å². The maximum absolute atomic E-state index is 6.67. The number of thiophene rings is 1. The summed E-state index contributed by atoms with van der Waals surface area (Å²) in [6.45, 7) is 0. The second-order valence-corrected chi connectivity index (χ2v) is 12.1. The molecule has 0 saturated carbocycles. The van der Waals surface area contributed by atoms with Gasteiger partial charge in [0, 0.05) is 52.3 Å². The Kier molecular flexibility index (Phi) is 4.89. The summed E-state index contributed by atoms with van der Waals surface area (Å²) < 4.78 is 9.25. The van der Waals surface area contributed by atoms with Gasteiger partial charge in [-0.25, -0.2) is 0 Å². The van der Waals surface area contributed by atoms with Crippen LogP contribution in [0.1, 0.15) is 0 Å². The fourth-order valence-corrected chi connectivity index (χ4v) is 7.86. The van der Waals surface area contributed by atoms with Crippen LogP contribution in [0.25, 0.3) is 85.9 Å². The fourth-order valence-electron chi connectivity index (χ4n) is 6.48. The van der Waals surface area contributed by atoms with Gasteiger partial charge in [-0.1, -0.05) is 109 Å². The van der Waals surface area contributed by atoms with Crippen LogP contribution in [0.5, 0.6) is 0 Å². The summed E-state index contributed by atoms with van der Waals surface area (Å²) in [5, 5.41) is 10.3. The lowest BCUT2D eigenvalue weighted by molar-refractivity contribution is 0.676. The Bertz CT molecular complexity index is 2480. The van der Waals surface area contributed by atoms with Gasteiger partial charge in [0.2, 0.25) is 0 Å². The lowest BCUT2D eigenvalue weighted by Gasteiger charge is -2.10. The quantitative estimate of drug-likeness (QED) is 0.205. The molecule has 7 aromatic carbocycles. The number of hydrogen-bond acceptors (Lipinski definition) is 2. The highest BCUT2D eigenvalue weighted by atomic mass is 35.5. The Morgan fingerprint density at radius 3 is 2.05 bits per heavy atom. The Balaban J connectivity index is 1.38. The second-order valence-electron chi connectivity index (χ2n) is 10.6. The van der Waals surface area contributed by atoms with Crippen LogP contribution >= 0.6 is 22.9 Å². The Morgan fingerprint density at radius 2 is 1.17 bits per heavy atom. The number of hydrogen-bond donors (Lipinski definition) is 0. The molecule has 0 aliphatic heterocycles. The van der Waals surface area contributed by atoms with Crippen molar-refractivity contribution in [2.45, 2.75) is 0 Å². The van der Waals surface area contributed by atoms with E-state index in [4.69, 9.17) is 16.0 Å². The zero-order valence-corrected chi connectivity index (χ0v) is 23.4. The first kappa shape index (κ1) is 23.1. The SMILES string of the molecule is Clc1ccc(-c2cccc3sc4c(-c5cc6c7ccc8ccccc8c7oc6c6ccccc56)cccc4c23)cc1. The highest BCUT2D eigenvalue weighted by Gasteiger charge is 2.19. The summed E-state index contributed by atoms with van der Waals surface area (Å²) in [4.78, 5) is 0. The van der Waals surface area contributed by atoms with Crippen LogP contribution in [0.4, 0.5) is 0 Å². The normalized spacial score (nSPS) is 12.0. The zero-order valence-electron chi connectivity index (χ0n) is 21.8.